The number of hydrogen-bond acceptors (Lipinski definition) is 11. The minimum absolute atomic E-state index is 0.0837. The summed E-state index contributed by atoms with van der Waals surface area (Å²) in [5.74, 6) is -0.488. The Bertz CT molecular complexity index is 1100. The number of unbranched alkanes of at least 4 members (excludes halogenated alkanes) is 20. The van der Waals surface area contributed by atoms with Gasteiger partial charge in [0.05, 0.1) is 13.2 Å². The van der Waals surface area contributed by atoms with Gasteiger partial charge in [0.25, 0.3) is 0 Å². The van der Waals surface area contributed by atoms with E-state index in [0.29, 0.717) is 13.0 Å². The van der Waals surface area contributed by atoms with Gasteiger partial charge in [-0.05, 0) is 70.6 Å². The molecule has 0 aromatic carbocycles. The minimum Gasteiger partial charge on any atom is -0.457 e. The van der Waals surface area contributed by atoms with Gasteiger partial charge in [-0.15, -0.1) is 0 Å². The van der Waals surface area contributed by atoms with Crippen LogP contribution in [0.5, 0.6) is 0 Å². The van der Waals surface area contributed by atoms with Crippen molar-refractivity contribution in [3.8, 4) is 0 Å². The van der Waals surface area contributed by atoms with E-state index in [0.717, 1.165) is 70.6 Å². The first kappa shape index (κ1) is 54.6. The molecule has 0 aromatic rings. The molecule has 1 aliphatic rings. The van der Waals surface area contributed by atoms with Crippen molar-refractivity contribution in [2.75, 3.05) is 19.8 Å². The third-order valence-corrected chi connectivity index (χ3v) is 11.5. The molecule has 0 spiro atoms. The van der Waals surface area contributed by atoms with Gasteiger partial charge >= 0.3 is 13.8 Å². The van der Waals surface area contributed by atoms with Gasteiger partial charge in [-0.2, -0.15) is 0 Å². The summed E-state index contributed by atoms with van der Waals surface area (Å²) in [5, 5.41) is 50.1. The molecule has 1 fully saturated rings. The summed E-state index contributed by atoms with van der Waals surface area (Å²) in [6.07, 6.45) is 29.2. The maximum atomic E-state index is 12.8. The molecule has 13 heteroatoms. The number of ether oxygens (including phenoxy) is 2. The Morgan fingerprint density at radius 1 is 0.552 bits per heavy atom. The van der Waals surface area contributed by atoms with E-state index in [1.807, 2.05) is 0 Å². The highest BCUT2D eigenvalue weighted by atomic mass is 31.2. The van der Waals surface area contributed by atoms with E-state index in [1.54, 1.807) is 0 Å². The first-order valence-corrected chi connectivity index (χ1v) is 24.3. The summed E-state index contributed by atoms with van der Waals surface area (Å²) in [4.78, 5) is 23.1. The number of hydrogen-bond donors (Lipinski definition) is 6. The normalized spacial score (nSPS) is 23.0. The molecule has 0 radical (unpaired) electrons. The van der Waals surface area contributed by atoms with Crippen molar-refractivity contribution in [3.05, 3.63) is 36.5 Å². The monoisotopic (exact) mass is 847 g/mol. The molecule has 0 bridgehead atoms. The molecular formula is C45H83O12P. The quantitative estimate of drug-likeness (QED) is 0.0150. The number of carbonyl (C=O) groups excluding carboxylic acids is 1. The van der Waals surface area contributed by atoms with Crippen molar-refractivity contribution in [2.24, 2.45) is 0 Å². The first-order chi connectivity index (χ1) is 28.0. The van der Waals surface area contributed by atoms with Crippen LogP contribution in [0.3, 0.4) is 0 Å². The Balaban J connectivity index is 2.41. The van der Waals surface area contributed by atoms with Gasteiger partial charge in [0.1, 0.15) is 42.7 Å². The Morgan fingerprint density at radius 3 is 1.50 bits per heavy atom. The van der Waals surface area contributed by atoms with Crippen molar-refractivity contribution in [1.29, 1.82) is 0 Å². The number of allylic oxidation sites excluding steroid dienone is 6. The smallest absolute Gasteiger partial charge is 0.457 e. The summed E-state index contributed by atoms with van der Waals surface area (Å²) < 4.78 is 34.1. The highest BCUT2D eigenvalue weighted by Crippen LogP contribution is 2.47. The fourth-order valence-electron chi connectivity index (χ4n) is 6.79. The van der Waals surface area contributed by atoms with Crippen molar-refractivity contribution >= 4 is 13.8 Å². The van der Waals surface area contributed by atoms with Crippen molar-refractivity contribution in [2.45, 2.75) is 224 Å². The Morgan fingerprint density at radius 2 is 0.966 bits per heavy atom. The lowest BCUT2D eigenvalue weighted by Crippen LogP contribution is -2.64. The molecule has 0 aromatic heterocycles. The van der Waals surface area contributed by atoms with Crippen LogP contribution >= 0.6 is 7.82 Å². The molecule has 1 aliphatic carbocycles. The second-order valence-electron chi connectivity index (χ2n) is 15.9. The van der Waals surface area contributed by atoms with Gasteiger partial charge in [-0.1, -0.05) is 140 Å². The van der Waals surface area contributed by atoms with Gasteiger partial charge in [0.2, 0.25) is 0 Å². The lowest BCUT2D eigenvalue weighted by atomic mass is 9.85. The highest BCUT2D eigenvalue weighted by Gasteiger charge is 2.51. The fraction of sp³-hybridized carbons (Fsp3) is 0.844. The van der Waals surface area contributed by atoms with Crippen molar-refractivity contribution in [1.82, 2.24) is 0 Å². The van der Waals surface area contributed by atoms with Crippen LogP contribution in [0.4, 0.5) is 0 Å². The first-order valence-electron chi connectivity index (χ1n) is 22.8. The predicted octanol–water partition coefficient (Wildman–Crippen LogP) is 9.09. The Hall–Kier alpha value is -1.44. The molecule has 0 saturated heterocycles. The maximum Gasteiger partial charge on any atom is 0.472 e. The van der Waals surface area contributed by atoms with Crippen LogP contribution in [-0.4, -0.2) is 98.9 Å². The molecule has 6 atom stereocenters. The number of esters is 1. The SMILES string of the molecule is CCCCC/C=C\CCCCCCCCOCC(COP(=O)(O)OC1C(O)C(O)C(O)C(O)C1O)OC(=O)CCCCCCCCC/C=C\C/C=C\CCCCCC. The van der Waals surface area contributed by atoms with E-state index in [9.17, 15) is 39.8 Å². The molecule has 340 valence electrons. The van der Waals surface area contributed by atoms with E-state index < -0.39 is 63.1 Å². The van der Waals surface area contributed by atoms with Crippen LogP contribution in [-0.2, 0) is 27.9 Å². The number of rotatable bonds is 38. The molecule has 6 N–H and O–H groups in total. The third-order valence-electron chi connectivity index (χ3n) is 10.5. The van der Waals surface area contributed by atoms with Crippen LogP contribution in [0.15, 0.2) is 36.5 Å². The van der Waals surface area contributed by atoms with Crippen LogP contribution in [0.25, 0.3) is 0 Å². The van der Waals surface area contributed by atoms with Gasteiger partial charge < -0.3 is 39.9 Å². The largest absolute Gasteiger partial charge is 0.472 e. The van der Waals surface area contributed by atoms with Crippen molar-refractivity contribution in [3.63, 3.8) is 0 Å². The number of phosphoric ester groups is 1. The predicted molar refractivity (Wildman–Crippen MR) is 230 cm³/mol. The minimum atomic E-state index is -5.02. The molecule has 6 unspecified atom stereocenters. The van der Waals surface area contributed by atoms with Gasteiger partial charge in [-0.3, -0.25) is 13.8 Å². The van der Waals surface area contributed by atoms with Crippen LogP contribution in [0.1, 0.15) is 181 Å². The summed E-state index contributed by atoms with van der Waals surface area (Å²) >= 11 is 0. The molecule has 58 heavy (non-hydrogen) atoms. The van der Waals surface area contributed by atoms with Gasteiger partial charge in [0.15, 0.2) is 0 Å². The summed E-state index contributed by atoms with van der Waals surface area (Å²) in [6, 6.07) is 0. The summed E-state index contributed by atoms with van der Waals surface area (Å²) in [7, 11) is -5.02. The average molecular weight is 847 g/mol. The zero-order chi connectivity index (χ0) is 42.7. The third kappa shape index (κ3) is 28.2. The maximum absolute atomic E-state index is 12.8. The standard InChI is InChI=1S/C45H83O12P/c1-3-5-7-9-11-13-15-17-18-19-20-21-22-24-26-28-30-32-34-39(46)56-38(36-54-35-33-31-29-27-25-23-16-14-12-10-8-6-4-2)37-55-58(52,53)57-45-43(50)41(48)40(47)42(49)44(45)51/h12-15,18-19,38,40-45,47-51H,3-11,16-17,20-37H2,1-2H3,(H,52,53)/b14-12-,15-13-,19-18-. The van der Waals surface area contributed by atoms with Crippen LogP contribution in [0, 0.1) is 0 Å². The van der Waals surface area contributed by atoms with E-state index in [2.05, 4.69) is 50.3 Å². The number of aliphatic hydroxyl groups excluding tert-OH is 5. The molecule has 12 nitrogen and oxygen atoms in total. The highest BCUT2D eigenvalue weighted by molar-refractivity contribution is 7.47. The molecular weight excluding hydrogens is 763 g/mol. The number of carbonyl (C=O) groups is 1. The van der Waals surface area contributed by atoms with E-state index in [-0.39, 0.29) is 13.0 Å². The second-order valence-corrected chi connectivity index (χ2v) is 17.3. The van der Waals surface area contributed by atoms with Gasteiger partial charge in [0, 0.05) is 13.0 Å². The van der Waals surface area contributed by atoms with Gasteiger partial charge in [-0.25, -0.2) is 4.57 Å². The number of phosphoric acid groups is 1. The zero-order valence-electron chi connectivity index (χ0n) is 36.1. The topological polar surface area (TPSA) is 192 Å². The second kappa shape index (κ2) is 36.2. The lowest BCUT2D eigenvalue weighted by molar-refractivity contribution is -0.220. The molecule has 1 rings (SSSR count). The average Bonchev–Trinajstić information content (AvgIpc) is 3.21. The lowest BCUT2D eigenvalue weighted by Gasteiger charge is -2.41. The molecule has 0 heterocycles. The van der Waals surface area contributed by atoms with E-state index in [1.165, 1.54) is 83.5 Å². The molecule has 0 aliphatic heterocycles. The van der Waals surface area contributed by atoms with Crippen molar-refractivity contribution < 1.29 is 58.3 Å². The summed E-state index contributed by atoms with van der Waals surface area (Å²) in [6.45, 7) is 4.19. The zero-order valence-corrected chi connectivity index (χ0v) is 37.0. The molecule has 0 amide bonds. The number of aliphatic hydroxyl groups is 5. The fourth-order valence-corrected chi connectivity index (χ4v) is 7.76. The Labute approximate surface area is 351 Å². The Kier molecular flexibility index (Phi) is 34.1. The summed E-state index contributed by atoms with van der Waals surface area (Å²) in [5.41, 5.74) is 0. The van der Waals surface area contributed by atoms with Crippen LogP contribution < -0.4 is 0 Å². The molecule has 1 saturated carbocycles. The van der Waals surface area contributed by atoms with E-state index in [4.69, 9.17) is 18.5 Å². The van der Waals surface area contributed by atoms with E-state index >= 15 is 0 Å². The van der Waals surface area contributed by atoms with Crippen LogP contribution in [0.2, 0.25) is 0 Å².